The Labute approximate surface area is 251 Å². The van der Waals surface area contributed by atoms with Crippen molar-refractivity contribution in [1.82, 2.24) is 35.3 Å². The molecule has 0 radical (unpaired) electrons. The second kappa shape index (κ2) is 12.3. The van der Waals surface area contributed by atoms with Crippen LogP contribution in [0.3, 0.4) is 0 Å². The van der Waals surface area contributed by atoms with Gasteiger partial charge < -0.3 is 19.9 Å². The van der Waals surface area contributed by atoms with Crippen molar-refractivity contribution in [2.45, 2.75) is 36.6 Å². The maximum absolute atomic E-state index is 14.0. The molecule has 0 spiro atoms. The summed E-state index contributed by atoms with van der Waals surface area (Å²) in [4.78, 5) is 30.0. The molecule has 2 amide bonds. The van der Waals surface area contributed by atoms with Crippen molar-refractivity contribution in [1.29, 1.82) is 0 Å². The highest BCUT2D eigenvalue weighted by Crippen LogP contribution is 2.40. The standard InChI is InChI=1S/C33H37N7O3/c1-43-30-13-12-28(40-24-35-36-37-40)22-29(30)31(42)39-21-15-32(23-39,26-8-4-2-5-9-26)14-18-38-19-16-33(17-20-38,34-25-41)27-10-6-3-7-11-27/h2-13,22,24-25H,14-21,23H2,1H3,(H,34,41). The Kier molecular flexibility index (Phi) is 8.20. The molecule has 1 aromatic heterocycles. The van der Waals surface area contributed by atoms with E-state index in [9.17, 15) is 9.59 Å². The molecule has 1 N–H and O–H groups in total. The Morgan fingerprint density at radius 3 is 2.33 bits per heavy atom. The minimum absolute atomic E-state index is 0.0601. The molecule has 2 saturated heterocycles. The zero-order valence-corrected chi connectivity index (χ0v) is 24.4. The number of tetrazole rings is 1. The van der Waals surface area contributed by atoms with E-state index >= 15 is 0 Å². The van der Waals surface area contributed by atoms with E-state index in [4.69, 9.17) is 4.74 Å². The molecule has 43 heavy (non-hydrogen) atoms. The van der Waals surface area contributed by atoms with Crippen LogP contribution in [0.1, 0.15) is 47.2 Å². The zero-order valence-electron chi connectivity index (χ0n) is 24.4. The largest absolute Gasteiger partial charge is 0.496 e. The number of nitrogens with one attached hydrogen (secondary N) is 1. The molecular formula is C33H37N7O3. The molecule has 10 heteroatoms. The molecule has 6 rings (SSSR count). The number of nitrogens with zero attached hydrogens (tertiary/aromatic N) is 6. The summed E-state index contributed by atoms with van der Waals surface area (Å²) < 4.78 is 7.12. The van der Waals surface area contributed by atoms with Crippen molar-refractivity contribution in [2.75, 3.05) is 39.8 Å². The van der Waals surface area contributed by atoms with Gasteiger partial charge in [0, 0.05) is 31.6 Å². The third-order valence-corrected chi connectivity index (χ3v) is 9.33. The van der Waals surface area contributed by atoms with Gasteiger partial charge in [0.15, 0.2) is 0 Å². The van der Waals surface area contributed by atoms with E-state index in [-0.39, 0.29) is 16.9 Å². The smallest absolute Gasteiger partial charge is 0.257 e. The fraction of sp³-hybridized carbons (Fsp3) is 0.364. The normalized spacial score (nSPS) is 20.1. The number of rotatable bonds is 10. The van der Waals surface area contributed by atoms with Crippen molar-refractivity contribution in [2.24, 2.45) is 0 Å². The van der Waals surface area contributed by atoms with E-state index in [0.29, 0.717) is 30.1 Å². The first-order valence-corrected chi connectivity index (χ1v) is 14.8. The number of carbonyl (C=O) groups excluding carboxylic acids is 2. The molecule has 3 aromatic carbocycles. The van der Waals surface area contributed by atoms with Crippen LogP contribution in [-0.4, -0.2) is 82.2 Å². The van der Waals surface area contributed by atoms with Gasteiger partial charge in [-0.2, -0.15) is 0 Å². The molecule has 2 aliphatic heterocycles. The molecule has 10 nitrogen and oxygen atoms in total. The number of aromatic nitrogens is 4. The summed E-state index contributed by atoms with van der Waals surface area (Å²) in [5.74, 6) is 0.466. The molecule has 4 aromatic rings. The minimum atomic E-state index is -0.330. The first-order chi connectivity index (χ1) is 21.1. The average Bonchev–Trinajstić information content (AvgIpc) is 3.77. The molecule has 0 aliphatic carbocycles. The predicted molar refractivity (Wildman–Crippen MR) is 162 cm³/mol. The number of hydrogen-bond acceptors (Lipinski definition) is 7. The number of benzene rings is 3. The van der Waals surface area contributed by atoms with Crippen molar-refractivity contribution >= 4 is 12.3 Å². The lowest BCUT2D eigenvalue weighted by Gasteiger charge is -2.43. The van der Waals surface area contributed by atoms with Gasteiger partial charge in [0.25, 0.3) is 5.91 Å². The highest BCUT2D eigenvalue weighted by atomic mass is 16.5. The Balaban J connectivity index is 1.19. The summed E-state index contributed by atoms with van der Waals surface area (Å²) in [6.07, 6.45) is 5.87. The van der Waals surface area contributed by atoms with Crippen molar-refractivity contribution in [3.63, 3.8) is 0 Å². The molecule has 222 valence electrons. The van der Waals surface area contributed by atoms with E-state index in [2.05, 4.69) is 62.1 Å². The van der Waals surface area contributed by atoms with Crippen LogP contribution in [-0.2, 0) is 15.7 Å². The van der Waals surface area contributed by atoms with Crippen molar-refractivity contribution in [3.8, 4) is 11.4 Å². The first-order valence-electron chi connectivity index (χ1n) is 14.8. The lowest BCUT2D eigenvalue weighted by molar-refractivity contribution is -0.112. The third kappa shape index (κ3) is 5.75. The fourth-order valence-corrected chi connectivity index (χ4v) is 6.79. The maximum atomic E-state index is 14.0. The second-order valence-electron chi connectivity index (χ2n) is 11.6. The lowest BCUT2D eigenvalue weighted by atomic mass is 9.76. The van der Waals surface area contributed by atoms with Crippen LogP contribution in [0, 0.1) is 0 Å². The lowest BCUT2D eigenvalue weighted by Crippen LogP contribution is -2.51. The number of likely N-dealkylation sites (tertiary alicyclic amines) is 2. The Hall–Kier alpha value is -4.57. The van der Waals surface area contributed by atoms with Gasteiger partial charge in [0.1, 0.15) is 12.1 Å². The van der Waals surface area contributed by atoms with Gasteiger partial charge >= 0.3 is 0 Å². The van der Waals surface area contributed by atoms with Crippen molar-refractivity contribution < 1.29 is 14.3 Å². The summed E-state index contributed by atoms with van der Waals surface area (Å²) in [6.45, 7) is 3.99. The quantitative estimate of drug-likeness (QED) is 0.286. The van der Waals surface area contributed by atoms with Gasteiger partial charge in [-0.3, -0.25) is 9.59 Å². The monoisotopic (exact) mass is 579 g/mol. The Morgan fingerprint density at radius 2 is 1.67 bits per heavy atom. The van der Waals surface area contributed by atoms with E-state index in [1.165, 1.54) is 16.6 Å². The number of methoxy groups -OCH3 is 1. The molecule has 0 saturated carbocycles. The van der Waals surface area contributed by atoms with Gasteiger partial charge in [0.05, 0.1) is 23.9 Å². The molecular weight excluding hydrogens is 542 g/mol. The van der Waals surface area contributed by atoms with Crippen LogP contribution in [0.25, 0.3) is 5.69 Å². The summed E-state index contributed by atoms with van der Waals surface area (Å²) in [6, 6.07) is 26.3. The van der Waals surface area contributed by atoms with E-state index in [1.54, 1.807) is 19.2 Å². The third-order valence-electron chi connectivity index (χ3n) is 9.33. The van der Waals surface area contributed by atoms with Crippen LogP contribution >= 0.6 is 0 Å². The molecule has 2 aliphatic rings. The number of carbonyl (C=O) groups is 2. The Morgan fingerprint density at radius 1 is 0.953 bits per heavy atom. The highest BCUT2D eigenvalue weighted by Gasteiger charge is 2.43. The zero-order chi connectivity index (χ0) is 29.7. The van der Waals surface area contributed by atoms with Crippen LogP contribution in [0.15, 0.2) is 85.2 Å². The average molecular weight is 580 g/mol. The number of hydrogen-bond donors (Lipinski definition) is 1. The number of amides is 2. The predicted octanol–water partition coefficient (Wildman–Crippen LogP) is 3.58. The van der Waals surface area contributed by atoms with Crippen LogP contribution in [0.4, 0.5) is 0 Å². The second-order valence-corrected chi connectivity index (χ2v) is 11.6. The van der Waals surface area contributed by atoms with Gasteiger partial charge in [-0.05, 0) is 72.0 Å². The minimum Gasteiger partial charge on any atom is -0.496 e. The molecule has 3 heterocycles. The summed E-state index contributed by atoms with van der Waals surface area (Å²) in [5, 5.41) is 14.6. The van der Waals surface area contributed by atoms with Gasteiger partial charge in [-0.25, -0.2) is 4.68 Å². The number of ether oxygens (including phenoxy) is 1. The maximum Gasteiger partial charge on any atom is 0.257 e. The SMILES string of the molecule is COc1ccc(-n2cnnn2)cc1C(=O)N1CCC(CCN2CCC(NC=O)(c3ccccc3)CC2)(c2ccccc2)C1. The number of piperidine rings is 1. The van der Waals surface area contributed by atoms with E-state index in [0.717, 1.165) is 57.3 Å². The van der Waals surface area contributed by atoms with E-state index < -0.39 is 0 Å². The molecule has 1 atom stereocenters. The fourth-order valence-electron chi connectivity index (χ4n) is 6.79. The highest BCUT2D eigenvalue weighted by molar-refractivity contribution is 5.97. The molecule has 2 fully saturated rings. The van der Waals surface area contributed by atoms with Gasteiger partial charge in [-0.1, -0.05) is 60.7 Å². The summed E-state index contributed by atoms with van der Waals surface area (Å²) in [5.41, 5.74) is 3.12. The van der Waals surface area contributed by atoms with Crippen LogP contribution in [0.2, 0.25) is 0 Å². The van der Waals surface area contributed by atoms with Crippen LogP contribution < -0.4 is 10.1 Å². The van der Waals surface area contributed by atoms with Gasteiger partial charge in [-0.15, -0.1) is 5.10 Å². The first kappa shape index (κ1) is 28.5. The topological polar surface area (TPSA) is 105 Å². The van der Waals surface area contributed by atoms with Crippen LogP contribution in [0.5, 0.6) is 5.75 Å². The van der Waals surface area contributed by atoms with Crippen molar-refractivity contribution in [3.05, 3.63) is 102 Å². The van der Waals surface area contributed by atoms with E-state index in [1.807, 2.05) is 35.2 Å². The molecule has 1 unspecified atom stereocenters. The summed E-state index contributed by atoms with van der Waals surface area (Å²) >= 11 is 0. The molecule has 0 bridgehead atoms. The Bertz CT molecular complexity index is 1520. The van der Waals surface area contributed by atoms with Gasteiger partial charge in [0.2, 0.25) is 6.41 Å². The summed E-state index contributed by atoms with van der Waals surface area (Å²) in [7, 11) is 1.58.